The zero-order chi connectivity index (χ0) is 25.5. The molecule has 1 fully saturated rings. The highest BCUT2D eigenvalue weighted by molar-refractivity contribution is 7.99. The normalized spacial score (nSPS) is 14.9. The Hall–Kier alpha value is -2.92. The van der Waals surface area contributed by atoms with Gasteiger partial charge in [-0.15, -0.1) is 21.5 Å². The van der Waals surface area contributed by atoms with Crippen molar-refractivity contribution in [1.29, 1.82) is 0 Å². The first-order valence-electron chi connectivity index (χ1n) is 12.2. The Morgan fingerprint density at radius 1 is 1.19 bits per heavy atom. The molecule has 2 aromatic heterocycles. The first kappa shape index (κ1) is 26.2. The molecule has 1 amide bonds. The molecule has 1 saturated carbocycles. The third-order valence-electron chi connectivity index (χ3n) is 5.90. The topological polar surface area (TPSA) is 108 Å². The van der Waals surface area contributed by atoms with E-state index in [0.717, 1.165) is 37.3 Å². The molecule has 1 aliphatic carbocycles. The van der Waals surface area contributed by atoms with E-state index in [2.05, 4.69) is 25.1 Å². The number of nitrogens with zero attached hydrogens (tertiary/aromatic N) is 4. The monoisotopic (exact) mass is 529 g/mol. The maximum Gasteiger partial charge on any atom is 0.357 e. The van der Waals surface area contributed by atoms with E-state index in [0.29, 0.717) is 10.3 Å². The van der Waals surface area contributed by atoms with Gasteiger partial charge in [0.25, 0.3) is 0 Å². The van der Waals surface area contributed by atoms with Crippen molar-refractivity contribution in [2.75, 3.05) is 17.7 Å². The zero-order valence-corrected chi connectivity index (χ0v) is 22.4. The Kier molecular flexibility index (Phi) is 8.98. The van der Waals surface area contributed by atoms with Gasteiger partial charge in [-0.05, 0) is 45.7 Å². The van der Waals surface area contributed by atoms with E-state index in [-0.39, 0.29) is 36.1 Å². The molecule has 1 N–H and O–H groups in total. The minimum atomic E-state index is -0.501. The summed E-state index contributed by atoms with van der Waals surface area (Å²) < 4.78 is 13.3. The van der Waals surface area contributed by atoms with Crippen LogP contribution in [0.2, 0.25) is 0 Å². The number of aryl methyl sites for hydroxylation is 1. The smallest absolute Gasteiger partial charge is 0.357 e. The van der Waals surface area contributed by atoms with Crippen molar-refractivity contribution in [3.05, 3.63) is 46.7 Å². The summed E-state index contributed by atoms with van der Waals surface area (Å²) in [4.78, 5) is 28.6. The van der Waals surface area contributed by atoms with Crippen LogP contribution in [0.1, 0.15) is 80.0 Å². The summed E-state index contributed by atoms with van der Waals surface area (Å²) >= 11 is 2.53. The molecule has 1 unspecified atom stereocenters. The molecule has 0 spiro atoms. The molecular weight excluding hydrogens is 498 g/mol. The van der Waals surface area contributed by atoms with Crippen LogP contribution in [0, 0.1) is 6.92 Å². The Balaban J connectivity index is 1.44. The maximum atomic E-state index is 12.6. The number of carbonyl (C=O) groups is 2. The fourth-order valence-electron chi connectivity index (χ4n) is 4.14. The molecule has 36 heavy (non-hydrogen) atoms. The van der Waals surface area contributed by atoms with Crippen LogP contribution in [-0.2, 0) is 9.53 Å². The molecule has 0 aliphatic heterocycles. The number of amides is 1. The number of ether oxygens (including phenoxy) is 2. The van der Waals surface area contributed by atoms with Crippen molar-refractivity contribution in [3.8, 4) is 5.75 Å². The quantitative estimate of drug-likeness (QED) is 0.267. The van der Waals surface area contributed by atoms with Crippen LogP contribution in [-0.4, -0.2) is 44.0 Å². The van der Waals surface area contributed by atoms with Gasteiger partial charge in [0, 0.05) is 11.4 Å². The van der Waals surface area contributed by atoms with Gasteiger partial charge in [0.1, 0.15) is 5.75 Å². The zero-order valence-electron chi connectivity index (χ0n) is 20.7. The van der Waals surface area contributed by atoms with E-state index in [1.165, 1.54) is 35.1 Å². The molecule has 1 aromatic carbocycles. The summed E-state index contributed by atoms with van der Waals surface area (Å²) in [6, 6.07) is 8.24. The summed E-state index contributed by atoms with van der Waals surface area (Å²) in [7, 11) is 0. The predicted molar refractivity (Wildman–Crippen MR) is 140 cm³/mol. The van der Waals surface area contributed by atoms with Crippen LogP contribution < -0.4 is 10.1 Å². The lowest BCUT2D eigenvalue weighted by Crippen LogP contribution is -2.20. The predicted octanol–water partition coefficient (Wildman–Crippen LogP) is 5.60. The fourth-order valence-corrected chi connectivity index (χ4v) is 5.64. The second-order valence-corrected chi connectivity index (χ2v) is 10.5. The third-order valence-corrected chi connectivity index (χ3v) is 7.60. The van der Waals surface area contributed by atoms with Crippen LogP contribution in [0.4, 0.5) is 5.13 Å². The van der Waals surface area contributed by atoms with Crippen LogP contribution in [0.15, 0.2) is 34.8 Å². The van der Waals surface area contributed by atoms with Crippen LogP contribution >= 0.6 is 23.1 Å². The van der Waals surface area contributed by atoms with Gasteiger partial charge in [0.05, 0.1) is 12.4 Å². The summed E-state index contributed by atoms with van der Waals surface area (Å²) in [6.45, 7) is 6.03. The first-order valence-corrected chi connectivity index (χ1v) is 14.0. The van der Waals surface area contributed by atoms with Gasteiger partial charge in [-0.3, -0.25) is 9.36 Å². The average Bonchev–Trinajstić information content (AvgIpc) is 3.52. The molecule has 192 valence electrons. The van der Waals surface area contributed by atoms with Gasteiger partial charge < -0.3 is 14.8 Å². The number of rotatable bonds is 10. The van der Waals surface area contributed by atoms with Crippen molar-refractivity contribution >= 4 is 40.1 Å². The molecule has 3 aromatic rings. The number of thioether (sulfide) groups is 1. The number of aromatic nitrogens is 4. The minimum Gasteiger partial charge on any atom is -0.483 e. The third kappa shape index (κ3) is 6.64. The number of carbonyl (C=O) groups excluding carboxylic acids is 2. The average molecular weight is 530 g/mol. The molecular formula is C25H31N5O4S2. The molecule has 9 nitrogen and oxygen atoms in total. The van der Waals surface area contributed by atoms with Crippen molar-refractivity contribution in [2.24, 2.45) is 0 Å². The molecule has 11 heteroatoms. The maximum absolute atomic E-state index is 12.6. The molecule has 4 rings (SSSR count). The van der Waals surface area contributed by atoms with Gasteiger partial charge in [0.2, 0.25) is 5.91 Å². The van der Waals surface area contributed by atoms with Crippen molar-refractivity contribution in [2.45, 2.75) is 70.2 Å². The van der Waals surface area contributed by atoms with Crippen LogP contribution in [0.5, 0.6) is 5.75 Å². The molecule has 0 saturated heterocycles. The van der Waals surface area contributed by atoms with Crippen molar-refractivity contribution in [3.63, 3.8) is 0 Å². The molecule has 0 radical (unpaired) electrons. The standard InChI is InChI=1S/C25H31N5O4S2/c1-4-33-23(32)20-14-35-24(26-20)27-21(31)15-36-25-29-28-22(30(25)18-8-6-5-7-9-18)17(3)34-19-12-10-16(2)11-13-19/h10-14,17-18H,4-9,15H2,1-3H3,(H,26,27,31). The highest BCUT2D eigenvalue weighted by Crippen LogP contribution is 2.35. The lowest BCUT2D eigenvalue weighted by Gasteiger charge is -2.27. The highest BCUT2D eigenvalue weighted by atomic mass is 32.2. The largest absolute Gasteiger partial charge is 0.483 e. The summed E-state index contributed by atoms with van der Waals surface area (Å²) in [6.07, 6.45) is 5.37. The van der Waals surface area contributed by atoms with Gasteiger partial charge in [-0.2, -0.15) is 0 Å². The molecule has 1 aliphatic rings. The Morgan fingerprint density at radius 2 is 1.94 bits per heavy atom. The number of nitrogens with one attached hydrogen (secondary N) is 1. The lowest BCUT2D eigenvalue weighted by molar-refractivity contribution is -0.113. The van der Waals surface area contributed by atoms with Gasteiger partial charge >= 0.3 is 5.97 Å². The molecule has 1 atom stereocenters. The minimum absolute atomic E-state index is 0.145. The van der Waals surface area contributed by atoms with Crippen molar-refractivity contribution < 1.29 is 19.1 Å². The lowest BCUT2D eigenvalue weighted by atomic mass is 9.95. The van der Waals surface area contributed by atoms with E-state index in [9.17, 15) is 9.59 Å². The number of hydrogen-bond acceptors (Lipinski definition) is 9. The second kappa shape index (κ2) is 12.4. The van der Waals surface area contributed by atoms with E-state index >= 15 is 0 Å². The van der Waals surface area contributed by atoms with E-state index < -0.39 is 5.97 Å². The number of esters is 1. The number of anilines is 1. The van der Waals surface area contributed by atoms with E-state index in [1.54, 1.807) is 12.3 Å². The molecule has 0 bridgehead atoms. The SMILES string of the molecule is CCOC(=O)c1csc(NC(=O)CSc2nnc(C(C)Oc3ccc(C)cc3)n2C2CCCCC2)n1. The fraction of sp³-hybridized carbons (Fsp3) is 0.480. The number of benzene rings is 1. The van der Waals surface area contributed by atoms with E-state index in [4.69, 9.17) is 9.47 Å². The molecule has 2 heterocycles. The number of thiazole rings is 1. The highest BCUT2D eigenvalue weighted by Gasteiger charge is 2.27. The van der Waals surface area contributed by atoms with Crippen molar-refractivity contribution in [1.82, 2.24) is 19.7 Å². The van der Waals surface area contributed by atoms with Gasteiger partial charge in [-0.1, -0.05) is 48.7 Å². The van der Waals surface area contributed by atoms with E-state index in [1.807, 2.05) is 38.1 Å². The Bertz CT molecular complexity index is 1170. The second-order valence-electron chi connectivity index (χ2n) is 8.67. The van der Waals surface area contributed by atoms with Gasteiger partial charge in [-0.25, -0.2) is 9.78 Å². The van der Waals surface area contributed by atoms with Crippen LogP contribution in [0.3, 0.4) is 0 Å². The first-order chi connectivity index (χ1) is 17.4. The summed E-state index contributed by atoms with van der Waals surface area (Å²) in [5, 5.41) is 14.3. The summed E-state index contributed by atoms with van der Waals surface area (Å²) in [5.41, 5.74) is 1.36. The summed E-state index contributed by atoms with van der Waals surface area (Å²) in [5.74, 6) is 0.967. The Morgan fingerprint density at radius 3 is 2.67 bits per heavy atom. The van der Waals surface area contributed by atoms with Gasteiger partial charge in [0.15, 0.2) is 27.9 Å². The number of hydrogen-bond donors (Lipinski definition) is 1. The Labute approximate surface area is 219 Å². The van der Waals surface area contributed by atoms with Crippen LogP contribution in [0.25, 0.3) is 0 Å².